The predicted octanol–water partition coefficient (Wildman–Crippen LogP) is 0.563. The molecule has 1 aliphatic heterocycles. The Morgan fingerprint density at radius 2 is 1.94 bits per heavy atom. The number of hydrogen-bond donors (Lipinski definition) is 2. The number of hydrogen-bond acceptors (Lipinski definition) is 3. The minimum absolute atomic E-state index is 0.338. The molecule has 16 heavy (non-hydrogen) atoms. The SMILES string of the molecule is NC1(C(=O)NCCC(F)(F)F)CCOCC1. The average molecular weight is 240 g/mol. The Balaban J connectivity index is 2.34. The summed E-state index contributed by atoms with van der Waals surface area (Å²) in [6, 6.07) is 0. The Kier molecular flexibility index (Phi) is 4.15. The van der Waals surface area contributed by atoms with E-state index in [4.69, 9.17) is 10.5 Å². The van der Waals surface area contributed by atoms with Crippen LogP contribution in [0, 0.1) is 0 Å². The maximum absolute atomic E-state index is 11.8. The highest BCUT2D eigenvalue weighted by Gasteiger charge is 2.36. The quantitative estimate of drug-likeness (QED) is 0.757. The molecule has 1 heterocycles. The molecule has 4 nitrogen and oxygen atoms in total. The minimum Gasteiger partial charge on any atom is -0.381 e. The molecule has 0 spiro atoms. The Hall–Kier alpha value is -0.820. The molecule has 0 bridgehead atoms. The molecule has 1 amide bonds. The molecule has 7 heteroatoms. The van der Waals surface area contributed by atoms with Gasteiger partial charge in [0.25, 0.3) is 0 Å². The van der Waals surface area contributed by atoms with E-state index in [1.165, 1.54) is 0 Å². The van der Waals surface area contributed by atoms with E-state index in [9.17, 15) is 18.0 Å². The summed E-state index contributed by atoms with van der Waals surface area (Å²) in [7, 11) is 0. The number of rotatable bonds is 3. The first-order valence-electron chi connectivity index (χ1n) is 5.05. The van der Waals surface area contributed by atoms with Gasteiger partial charge >= 0.3 is 6.18 Å². The molecule has 0 atom stereocenters. The second-order valence-electron chi connectivity index (χ2n) is 3.89. The summed E-state index contributed by atoms with van der Waals surface area (Å²) in [6.07, 6.45) is -4.62. The first-order chi connectivity index (χ1) is 7.33. The van der Waals surface area contributed by atoms with E-state index in [2.05, 4.69) is 5.32 Å². The number of nitrogens with one attached hydrogen (secondary N) is 1. The fraction of sp³-hybridized carbons (Fsp3) is 0.889. The van der Waals surface area contributed by atoms with E-state index >= 15 is 0 Å². The number of carbonyl (C=O) groups excluding carboxylic acids is 1. The van der Waals surface area contributed by atoms with Gasteiger partial charge in [-0.05, 0) is 12.8 Å². The van der Waals surface area contributed by atoms with Crippen molar-refractivity contribution in [3.05, 3.63) is 0 Å². The highest BCUT2D eigenvalue weighted by molar-refractivity contribution is 5.86. The van der Waals surface area contributed by atoms with E-state index < -0.39 is 30.6 Å². The highest BCUT2D eigenvalue weighted by atomic mass is 19.4. The van der Waals surface area contributed by atoms with Crippen molar-refractivity contribution in [2.45, 2.75) is 31.0 Å². The van der Waals surface area contributed by atoms with Crippen molar-refractivity contribution < 1.29 is 22.7 Å². The Bertz CT molecular complexity index is 250. The monoisotopic (exact) mass is 240 g/mol. The largest absolute Gasteiger partial charge is 0.390 e. The zero-order chi connectivity index (χ0) is 12.2. The van der Waals surface area contributed by atoms with Gasteiger partial charge in [-0.25, -0.2) is 0 Å². The van der Waals surface area contributed by atoms with Crippen molar-refractivity contribution in [2.75, 3.05) is 19.8 Å². The third kappa shape index (κ3) is 3.97. The van der Waals surface area contributed by atoms with E-state index in [1.807, 2.05) is 0 Å². The van der Waals surface area contributed by atoms with Gasteiger partial charge in [-0.2, -0.15) is 13.2 Å². The maximum atomic E-state index is 11.8. The predicted molar refractivity (Wildman–Crippen MR) is 50.7 cm³/mol. The van der Waals surface area contributed by atoms with Crippen LogP contribution in [0.4, 0.5) is 13.2 Å². The molecule has 1 fully saturated rings. The number of amides is 1. The Morgan fingerprint density at radius 3 is 2.44 bits per heavy atom. The van der Waals surface area contributed by atoms with Crippen LogP contribution in [-0.4, -0.2) is 37.4 Å². The van der Waals surface area contributed by atoms with Crippen LogP contribution in [0.2, 0.25) is 0 Å². The molecule has 3 N–H and O–H groups in total. The average Bonchev–Trinajstić information content (AvgIpc) is 2.16. The third-order valence-corrected chi connectivity index (χ3v) is 2.53. The second kappa shape index (κ2) is 5.01. The smallest absolute Gasteiger partial charge is 0.381 e. The number of nitrogens with two attached hydrogens (primary N) is 1. The molecule has 94 valence electrons. The van der Waals surface area contributed by atoms with Crippen molar-refractivity contribution in [1.29, 1.82) is 0 Å². The molecule has 0 radical (unpaired) electrons. The lowest BCUT2D eigenvalue weighted by Gasteiger charge is -2.31. The third-order valence-electron chi connectivity index (χ3n) is 2.53. The standard InChI is InChI=1S/C9H15F3N2O2/c10-9(11,12)1-4-14-7(15)8(13)2-5-16-6-3-8/h1-6,13H2,(H,14,15). The van der Waals surface area contributed by atoms with Gasteiger partial charge in [0.05, 0.1) is 12.0 Å². The summed E-state index contributed by atoms with van der Waals surface area (Å²) in [5.41, 5.74) is 4.70. The van der Waals surface area contributed by atoms with E-state index in [1.54, 1.807) is 0 Å². The number of carbonyl (C=O) groups is 1. The van der Waals surface area contributed by atoms with Crippen LogP contribution in [-0.2, 0) is 9.53 Å². The molecule has 1 saturated heterocycles. The van der Waals surface area contributed by atoms with Crippen molar-refractivity contribution in [1.82, 2.24) is 5.32 Å². The lowest BCUT2D eigenvalue weighted by Crippen LogP contribution is -2.57. The molecule has 0 aromatic heterocycles. The van der Waals surface area contributed by atoms with E-state index in [0.29, 0.717) is 26.1 Å². The van der Waals surface area contributed by atoms with E-state index in [-0.39, 0.29) is 0 Å². The minimum atomic E-state index is -4.26. The van der Waals surface area contributed by atoms with Gasteiger partial charge in [0, 0.05) is 19.8 Å². The van der Waals surface area contributed by atoms with Crippen molar-refractivity contribution in [3.8, 4) is 0 Å². The highest BCUT2D eigenvalue weighted by Crippen LogP contribution is 2.20. The summed E-state index contributed by atoms with van der Waals surface area (Å²) in [5, 5.41) is 2.21. The van der Waals surface area contributed by atoms with Crippen LogP contribution in [0.25, 0.3) is 0 Å². The number of alkyl halides is 3. The summed E-state index contributed by atoms with van der Waals surface area (Å²) in [6.45, 7) is 0.300. The summed E-state index contributed by atoms with van der Waals surface area (Å²) < 4.78 is 40.6. The van der Waals surface area contributed by atoms with E-state index in [0.717, 1.165) is 0 Å². The van der Waals surface area contributed by atoms with Gasteiger partial charge in [-0.1, -0.05) is 0 Å². The van der Waals surface area contributed by atoms with Crippen molar-refractivity contribution in [2.24, 2.45) is 5.73 Å². The zero-order valence-electron chi connectivity index (χ0n) is 8.77. The molecule has 1 rings (SSSR count). The topological polar surface area (TPSA) is 64.4 Å². The molecular weight excluding hydrogens is 225 g/mol. The van der Waals surface area contributed by atoms with Crippen LogP contribution in [0.5, 0.6) is 0 Å². The Morgan fingerprint density at radius 1 is 1.38 bits per heavy atom. The summed E-state index contributed by atoms with van der Waals surface area (Å²) in [4.78, 5) is 11.5. The molecule has 0 aromatic carbocycles. The van der Waals surface area contributed by atoms with Crippen LogP contribution < -0.4 is 11.1 Å². The van der Waals surface area contributed by atoms with Gasteiger partial charge in [0.15, 0.2) is 0 Å². The van der Waals surface area contributed by atoms with Gasteiger partial charge < -0.3 is 15.8 Å². The van der Waals surface area contributed by atoms with Crippen LogP contribution in [0.1, 0.15) is 19.3 Å². The summed E-state index contributed by atoms with van der Waals surface area (Å²) in [5.74, 6) is -0.528. The van der Waals surface area contributed by atoms with Gasteiger partial charge in [-0.3, -0.25) is 4.79 Å². The lowest BCUT2D eigenvalue weighted by atomic mass is 9.90. The zero-order valence-corrected chi connectivity index (χ0v) is 8.77. The van der Waals surface area contributed by atoms with Crippen LogP contribution in [0.15, 0.2) is 0 Å². The van der Waals surface area contributed by atoms with Gasteiger partial charge in [0.1, 0.15) is 0 Å². The lowest BCUT2D eigenvalue weighted by molar-refractivity contribution is -0.138. The number of halogens is 3. The first-order valence-corrected chi connectivity index (χ1v) is 5.05. The number of ether oxygens (including phenoxy) is 1. The molecule has 1 aliphatic rings. The second-order valence-corrected chi connectivity index (χ2v) is 3.89. The molecule has 0 saturated carbocycles. The molecule has 0 aromatic rings. The molecule has 0 unspecified atom stereocenters. The fourth-order valence-electron chi connectivity index (χ4n) is 1.46. The molecule has 0 aliphatic carbocycles. The Labute approximate surface area is 91.3 Å². The first kappa shape index (κ1) is 13.2. The van der Waals surface area contributed by atoms with Crippen molar-refractivity contribution >= 4 is 5.91 Å². The van der Waals surface area contributed by atoms with Gasteiger partial charge in [-0.15, -0.1) is 0 Å². The van der Waals surface area contributed by atoms with Crippen molar-refractivity contribution in [3.63, 3.8) is 0 Å². The van der Waals surface area contributed by atoms with Crippen LogP contribution in [0.3, 0.4) is 0 Å². The normalized spacial score (nSPS) is 20.5. The fourth-order valence-corrected chi connectivity index (χ4v) is 1.46. The summed E-state index contributed by atoms with van der Waals surface area (Å²) >= 11 is 0. The van der Waals surface area contributed by atoms with Crippen LogP contribution >= 0.6 is 0 Å². The molecular formula is C9H15F3N2O2. The maximum Gasteiger partial charge on any atom is 0.390 e. The van der Waals surface area contributed by atoms with Gasteiger partial charge in [0.2, 0.25) is 5.91 Å².